The van der Waals surface area contributed by atoms with Gasteiger partial charge in [-0.25, -0.2) is 0 Å². The molecule has 0 aromatic heterocycles. The highest BCUT2D eigenvalue weighted by Gasteiger charge is 2.29. The van der Waals surface area contributed by atoms with Crippen molar-refractivity contribution < 1.29 is 18.9 Å². The Hall–Kier alpha value is -0.580. The first kappa shape index (κ1) is 8.04. The fourth-order valence-corrected chi connectivity index (χ4v) is 1.11. The Balaban J connectivity index is 1.85. The lowest BCUT2D eigenvalue weighted by molar-refractivity contribution is -0.158. The van der Waals surface area contributed by atoms with E-state index in [0.717, 1.165) is 0 Å². The van der Waals surface area contributed by atoms with Gasteiger partial charge in [0.15, 0.2) is 6.10 Å². The molecule has 0 aromatic rings. The van der Waals surface area contributed by atoms with Crippen LogP contribution in [0.3, 0.4) is 0 Å². The minimum Gasteiger partial charge on any atom is -0.461 e. The summed E-state index contributed by atoms with van der Waals surface area (Å²) in [7, 11) is 0. The van der Waals surface area contributed by atoms with Gasteiger partial charge < -0.3 is 18.9 Å². The summed E-state index contributed by atoms with van der Waals surface area (Å²) in [6.07, 6.45) is 3.75. The molecule has 0 spiro atoms. The fraction of sp³-hybridized carbons (Fsp3) is 0.625. The van der Waals surface area contributed by atoms with Gasteiger partial charge in [0, 0.05) is 0 Å². The van der Waals surface area contributed by atoms with Crippen LogP contribution in [0.5, 0.6) is 0 Å². The van der Waals surface area contributed by atoms with Crippen LogP contribution in [0.2, 0.25) is 0 Å². The minimum absolute atomic E-state index is 0.163. The molecular weight excluding hydrogens is 160 g/mol. The summed E-state index contributed by atoms with van der Waals surface area (Å²) < 4.78 is 20.9. The zero-order valence-electron chi connectivity index (χ0n) is 6.69. The van der Waals surface area contributed by atoms with Crippen LogP contribution in [0.25, 0.3) is 0 Å². The van der Waals surface area contributed by atoms with Crippen molar-refractivity contribution in [2.45, 2.75) is 6.10 Å². The molecule has 4 heteroatoms. The second kappa shape index (κ2) is 3.89. The third-order valence-electron chi connectivity index (χ3n) is 1.68. The van der Waals surface area contributed by atoms with Gasteiger partial charge in [-0.3, -0.25) is 0 Å². The van der Waals surface area contributed by atoms with E-state index >= 15 is 0 Å². The topological polar surface area (TPSA) is 36.9 Å². The molecule has 2 heterocycles. The van der Waals surface area contributed by atoms with Gasteiger partial charge in [0.25, 0.3) is 0 Å². The summed E-state index contributed by atoms with van der Waals surface area (Å²) in [4.78, 5) is 0. The zero-order valence-corrected chi connectivity index (χ0v) is 6.69. The Bertz CT molecular complexity index is 162. The monoisotopic (exact) mass is 171 g/mol. The molecule has 1 radical (unpaired) electrons. The van der Waals surface area contributed by atoms with Gasteiger partial charge in [0.05, 0.1) is 32.7 Å². The molecule has 0 bridgehead atoms. The van der Waals surface area contributed by atoms with Crippen LogP contribution < -0.4 is 0 Å². The number of ether oxygens (including phenoxy) is 4. The first-order valence-electron chi connectivity index (χ1n) is 3.97. The Morgan fingerprint density at radius 2 is 2.33 bits per heavy atom. The van der Waals surface area contributed by atoms with Gasteiger partial charge in [-0.05, 0) is 6.08 Å². The second-order valence-corrected chi connectivity index (χ2v) is 2.55. The maximum absolute atomic E-state index is 5.37. The van der Waals surface area contributed by atoms with E-state index in [1.807, 2.05) is 0 Å². The third-order valence-corrected chi connectivity index (χ3v) is 1.68. The summed E-state index contributed by atoms with van der Waals surface area (Å²) in [6.45, 7) is 2.32. The average Bonchev–Trinajstić information content (AvgIpc) is 2.21. The molecule has 0 aliphatic carbocycles. The Morgan fingerprint density at radius 1 is 1.33 bits per heavy atom. The van der Waals surface area contributed by atoms with Crippen LogP contribution >= 0.6 is 0 Å². The van der Waals surface area contributed by atoms with Gasteiger partial charge in [0.2, 0.25) is 0 Å². The maximum Gasteiger partial charge on any atom is 0.308 e. The highest BCUT2D eigenvalue weighted by atomic mass is 16.7. The van der Waals surface area contributed by atoms with E-state index in [1.54, 1.807) is 12.3 Å². The van der Waals surface area contributed by atoms with Crippen LogP contribution in [0.1, 0.15) is 0 Å². The van der Waals surface area contributed by atoms with Crippen LogP contribution in [0.4, 0.5) is 0 Å². The fourth-order valence-electron chi connectivity index (χ4n) is 1.11. The van der Waals surface area contributed by atoms with E-state index in [2.05, 4.69) is 0 Å². The molecule has 4 nitrogen and oxygen atoms in total. The van der Waals surface area contributed by atoms with Crippen LogP contribution in [0, 0.1) is 6.29 Å². The highest BCUT2D eigenvalue weighted by Crippen LogP contribution is 2.20. The first-order chi connectivity index (χ1) is 5.97. The number of rotatable bonds is 1. The van der Waals surface area contributed by atoms with Crippen molar-refractivity contribution in [2.75, 3.05) is 26.4 Å². The first-order valence-corrected chi connectivity index (χ1v) is 3.97. The largest absolute Gasteiger partial charge is 0.461 e. The molecule has 1 fully saturated rings. The van der Waals surface area contributed by atoms with Crippen molar-refractivity contribution in [3.8, 4) is 0 Å². The van der Waals surface area contributed by atoms with Gasteiger partial charge in [-0.2, -0.15) is 0 Å². The summed E-state index contributed by atoms with van der Waals surface area (Å²) in [5.74, 6) is 0. The van der Waals surface area contributed by atoms with Gasteiger partial charge in [-0.15, -0.1) is 0 Å². The predicted octanol–water partition coefficient (Wildman–Crippen LogP) is 0.452. The lowest BCUT2D eigenvalue weighted by Crippen LogP contribution is -2.36. The highest BCUT2D eigenvalue weighted by molar-refractivity contribution is 4.90. The smallest absolute Gasteiger partial charge is 0.308 e. The predicted molar refractivity (Wildman–Crippen MR) is 40.0 cm³/mol. The molecule has 2 rings (SSSR count). The van der Waals surface area contributed by atoms with E-state index in [-0.39, 0.29) is 6.10 Å². The van der Waals surface area contributed by atoms with Crippen LogP contribution in [-0.4, -0.2) is 32.5 Å². The minimum atomic E-state index is -0.163. The zero-order chi connectivity index (χ0) is 8.23. The second-order valence-electron chi connectivity index (χ2n) is 2.55. The van der Waals surface area contributed by atoms with E-state index in [4.69, 9.17) is 18.9 Å². The van der Waals surface area contributed by atoms with Crippen molar-refractivity contribution in [1.82, 2.24) is 0 Å². The van der Waals surface area contributed by atoms with Crippen molar-refractivity contribution in [1.29, 1.82) is 0 Å². The molecule has 67 valence electrons. The molecule has 1 atom stereocenters. The van der Waals surface area contributed by atoms with Crippen molar-refractivity contribution in [2.24, 2.45) is 0 Å². The van der Waals surface area contributed by atoms with E-state index in [0.29, 0.717) is 32.7 Å². The number of hydrogen-bond donors (Lipinski definition) is 0. The van der Waals surface area contributed by atoms with E-state index in [9.17, 15) is 0 Å². The summed E-state index contributed by atoms with van der Waals surface area (Å²) in [5, 5.41) is 0. The van der Waals surface area contributed by atoms with Crippen LogP contribution in [-0.2, 0) is 18.9 Å². The van der Waals surface area contributed by atoms with Crippen molar-refractivity contribution >= 4 is 0 Å². The molecule has 0 N–H and O–H groups in total. The Kier molecular flexibility index (Phi) is 2.60. The Morgan fingerprint density at radius 3 is 3.00 bits per heavy atom. The van der Waals surface area contributed by atoms with E-state index in [1.165, 1.54) is 0 Å². The van der Waals surface area contributed by atoms with Gasteiger partial charge in [0.1, 0.15) is 0 Å². The average molecular weight is 171 g/mol. The van der Waals surface area contributed by atoms with E-state index < -0.39 is 0 Å². The lowest BCUT2D eigenvalue weighted by atomic mass is 10.3. The molecular formula is C8H11O4. The SMILES string of the molecule is C1=CO[C](C2COCCO2)OC1. The molecule has 1 saturated heterocycles. The molecule has 2 aliphatic heterocycles. The molecule has 1 unspecified atom stereocenters. The summed E-state index contributed by atoms with van der Waals surface area (Å²) in [6, 6.07) is 0. The summed E-state index contributed by atoms with van der Waals surface area (Å²) >= 11 is 0. The normalized spacial score (nSPS) is 31.5. The summed E-state index contributed by atoms with van der Waals surface area (Å²) in [5.41, 5.74) is 0. The quantitative estimate of drug-likeness (QED) is 0.574. The number of hydrogen-bond acceptors (Lipinski definition) is 4. The maximum atomic E-state index is 5.37. The molecule has 0 amide bonds. The van der Waals surface area contributed by atoms with Crippen molar-refractivity contribution in [3.63, 3.8) is 0 Å². The third kappa shape index (κ3) is 1.77. The van der Waals surface area contributed by atoms with Crippen molar-refractivity contribution in [3.05, 3.63) is 18.6 Å². The standard InChI is InChI=1S/C8H11O4/c1-2-11-8(12-3-1)7-6-9-4-5-10-7/h1-2,7H,3-6H2. The van der Waals surface area contributed by atoms with Crippen LogP contribution in [0.15, 0.2) is 12.3 Å². The Labute approximate surface area is 71.0 Å². The molecule has 2 aliphatic rings. The molecule has 0 saturated carbocycles. The molecule has 12 heavy (non-hydrogen) atoms. The van der Waals surface area contributed by atoms with Gasteiger partial charge >= 0.3 is 6.29 Å². The van der Waals surface area contributed by atoms with Gasteiger partial charge in [-0.1, -0.05) is 0 Å². The molecule has 0 aromatic carbocycles. The lowest BCUT2D eigenvalue weighted by Gasteiger charge is -2.28.